The number of thiocarbonyl (C=S) groups is 1. The van der Waals surface area contributed by atoms with Crippen molar-refractivity contribution in [1.29, 1.82) is 5.26 Å². The molecular formula is C38H40N6OS. The van der Waals surface area contributed by atoms with Gasteiger partial charge in [-0.2, -0.15) is 5.26 Å². The van der Waals surface area contributed by atoms with Crippen LogP contribution in [0.3, 0.4) is 0 Å². The highest BCUT2D eigenvalue weighted by atomic mass is 32.1. The molecule has 0 spiro atoms. The molecule has 7 nitrogen and oxygen atoms in total. The second-order valence-corrected chi connectivity index (χ2v) is 12.3. The SMILES string of the molecule is CC[C@H](C)[C@@H](CN(Cc1cccc2ccccc12)C(=S)Nc1cccc(C)c1)NC(=O)Cc1cncn1Cc1ccc(C#N)cc1. The fourth-order valence-electron chi connectivity index (χ4n) is 5.61. The van der Waals surface area contributed by atoms with E-state index in [-0.39, 0.29) is 24.3 Å². The summed E-state index contributed by atoms with van der Waals surface area (Å²) < 4.78 is 1.98. The van der Waals surface area contributed by atoms with Crippen LogP contribution < -0.4 is 10.6 Å². The Bertz CT molecular complexity index is 1840. The zero-order valence-corrected chi connectivity index (χ0v) is 27.4. The average Bonchev–Trinajstić information content (AvgIpc) is 3.49. The summed E-state index contributed by atoms with van der Waals surface area (Å²) in [6, 6.07) is 32.4. The molecule has 4 aromatic carbocycles. The molecule has 0 saturated heterocycles. The van der Waals surface area contributed by atoms with Gasteiger partial charge in [0.25, 0.3) is 0 Å². The molecule has 0 aliphatic heterocycles. The van der Waals surface area contributed by atoms with Gasteiger partial charge in [0.15, 0.2) is 5.11 Å². The maximum Gasteiger partial charge on any atom is 0.226 e. The van der Waals surface area contributed by atoms with Crippen molar-refractivity contribution in [2.75, 3.05) is 11.9 Å². The number of imidazole rings is 1. The second-order valence-electron chi connectivity index (χ2n) is 11.9. The van der Waals surface area contributed by atoms with Gasteiger partial charge in [-0.1, -0.05) is 87.0 Å². The Kier molecular flexibility index (Phi) is 10.8. The third-order valence-electron chi connectivity index (χ3n) is 8.47. The van der Waals surface area contributed by atoms with Crippen molar-refractivity contribution in [2.24, 2.45) is 5.92 Å². The molecule has 46 heavy (non-hydrogen) atoms. The van der Waals surface area contributed by atoms with Gasteiger partial charge in [-0.15, -0.1) is 0 Å². The summed E-state index contributed by atoms with van der Waals surface area (Å²) in [6.07, 6.45) is 4.60. The molecule has 1 aromatic heterocycles. The minimum absolute atomic E-state index is 0.0606. The quantitative estimate of drug-likeness (QED) is 0.142. The molecule has 2 atom stereocenters. The average molecular weight is 629 g/mol. The fourth-order valence-corrected chi connectivity index (χ4v) is 5.87. The summed E-state index contributed by atoms with van der Waals surface area (Å²) in [7, 11) is 0. The van der Waals surface area contributed by atoms with Crippen LogP contribution in [0.5, 0.6) is 0 Å². The monoisotopic (exact) mass is 628 g/mol. The highest BCUT2D eigenvalue weighted by molar-refractivity contribution is 7.80. The molecule has 0 aliphatic rings. The zero-order valence-electron chi connectivity index (χ0n) is 26.6. The lowest BCUT2D eigenvalue weighted by Gasteiger charge is -2.33. The number of hydrogen-bond donors (Lipinski definition) is 2. The molecule has 0 aliphatic carbocycles. The van der Waals surface area contributed by atoms with Crippen LogP contribution in [-0.2, 0) is 24.3 Å². The van der Waals surface area contributed by atoms with Crippen molar-refractivity contribution in [3.8, 4) is 6.07 Å². The molecule has 1 amide bonds. The number of benzene rings is 4. The van der Waals surface area contributed by atoms with Crippen molar-refractivity contribution in [1.82, 2.24) is 19.8 Å². The number of anilines is 1. The number of fused-ring (bicyclic) bond motifs is 1. The first-order valence-corrected chi connectivity index (χ1v) is 16.1. The van der Waals surface area contributed by atoms with Crippen LogP contribution in [0.25, 0.3) is 10.8 Å². The number of amides is 1. The number of hydrogen-bond acceptors (Lipinski definition) is 4. The number of carbonyl (C=O) groups excluding carboxylic acids is 1. The van der Waals surface area contributed by atoms with E-state index in [1.54, 1.807) is 24.7 Å². The second kappa shape index (κ2) is 15.3. The van der Waals surface area contributed by atoms with Gasteiger partial charge in [-0.3, -0.25) is 4.79 Å². The molecule has 8 heteroatoms. The van der Waals surface area contributed by atoms with E-state index in [2.05, 4.69) is 102 Å². The lowest BCUT2D eigenvalue weighted by atomic mass is 9.97. The van der Waals surface area contributed by atoms with E-state index in [4.69, 9.17) is 17.5 Å². The molecule has 0 saturated carbocycles. The Morgan fingerprint density at radius 3 is 2.57 bits per heavy atom. The molecular weight excluding hydrogens is 589 g/mol. The van der Waals surface area contributed by atoms with Gasteiger partial charge >= 0.3 is 0 Å². The lowest BCUT2D eigenvalue weighted by molar-refractivity contribution is -0.121. The number of rotatable bonds is 12. The van der Waals surface area contributed by atoms with Crippen LogP contribution in [0.15, 0.2) is 104 Å². The number of nitrogens with one attached hydrogen (secondary N) is 2. The van der Waals surface area contributed by atoms with Gasteiger partial charge in [-0.05, 0) is 76.8 Å². The van der Waals surface area contributed by atoms with E-state index >= 15 is 0 Å². The van der Waals surface area contributed by atoms with Crippen LogP contribution in [0.2, 0.25) is 0 Å². The number of nitriles is 1. The summed E-state index contributed by atoms with van der Waals surface area (Å²) in [5.74, 6) is 0.152. The van der Waals surface area contributed by atoms with E-state index in [9.17, 15) is 4.79 Å². The van der Waals surface area contributed by atoms with Crippen LogP contribution in [0, 0.1) is 24.2 Å². The molecule has 0 fully saturated rings. The Hall–Kier alpha value is -5.00. The summed E-state index contributed by atoms with van der Waals surface area (Å²) in [5, 5.41) is 18.9. The Morgan fingerprint density at radius 2 is 1.80 bits per heavy atom. The largest absolute Gasteiger partial charge is 0.351 e. The van der Waals surface area contributed by atoms with Crippen LogP contribution >= 0.6 is 12.2 Å². The van der Waals surface area contributed by atoms with E-state index in [0.29, 0.717) is 30.3 Å². The predicted octanol–water partition coefficient (Wildman–Crippen LogP) is 7.24. The Labute approximate surface area is 276 Å². The summed E-state index contributed by atoms with van der Waals surface area (Å²) in [5.41, 5.74) is 5.74. The number of carbonyl (C=O) groups is 1. The molecule has 0 radical (unpaired) electrons. The summed E-state index contributed by atoms with van der Waals surface area (Å²) in [4.78, 5) is 20.1. The third-order valence-corrected chi connectivity index (χ3v) is 8.83. The highest BCUT2D eigenvalue weighted by Crippen LogP contribution is 2.22. The van der Waals surface area contributed by atoms with E-state index in [0.717, 1.165) is 28.9 Å². The van der Waals surface area contributed by atoms with Gasteiger partial charge in [-0.25, -0.2) is 4.98 Å². The van der Waals surface area contributed by atoms with Crippen molar-refractivity contribution in [3.63, 3.8) is 0 Å². The normalized spacial score (nSPS) is 12.2. The van der Waals surface area contributed by atoms with E-state index in [1.807, 2.05) is 28.8 Å². The molecule has 5 aromatic rings. The van der Waals surface area contributed by atoms with Gasteiger partial charge in [0, 0.05) is 43.3 Å². The van der Waals surface area contributed by atoms with Gasteiger partial charge in [0.1, 0.15) is 0 Å². The van der Waals surface area contributed by atoms with Gasteiger partial charge in [0.2, 0.25) is 5.91 Å². The molecule has 234 valence electrons. The van der Waals surface area contributed by atoms with Gasteiger partial charge in [0.05, 0.1) is 24.4 Å². The molecule has 2 N–H and O–H groups in total. The van der Waals surface area contributed by atoms with Gasteiger partial charge < -0.3 is 20.1 Å². The van der Waals surface area contributed by atoms with Crippen molar-refractivity contribution in [3.05, 3.63) is 131 Å². The Morgan fingerprint density at radius 1 is 1.04 bits per heavy atom. The highest BCUT2D eigenvalue weighted by Gasteiger charge is 2.24. The summed E-state index contributed by atoms with van der Waals surface area (Å²) in [6.45, 7) is 8.10. The van der Waals surface area contributed by atoms with E-state index < -0.39 is 0 Å². The maximum atomic E-state index is 13.6. The number of nitrogens with zero attached hydrogens (tertiary/aromatic N) is 4. The maximum absolute atomic E-state index is 13.6. The first-order valence-electron chi connectivity index (χ1n) is 15.7. The first kappa shape index (κ1) is 32.4. The van der Waals surface area contributed by atoms with Crippen molar-refractivity contribution >= 4 is 39.7 Å². The number of aromatic nitrogens is 2. The minimum Gasteiger partial charge on any atom is -0.351 e. The molecule has 0 bridgehead atoms. The standard InChI is InChI=1S/C38H40N6OS/c1-4-28(3)36(42-37(45)20-34-22-40-26-44(34)23-30-17-15-29(21-39)16-18-30)25-43(38(46)41-33-13-7-9-27(2)19-33)24-32-12-8-11-31-10-5-6-14-35(31)32/h5-19,22,26,28,36H,4,20,23-25H2,1-3H3,(H,41,46)(H,42,45)/t28-,36+/m0/s1. The minimum atomic E-state index is -0.139. The van der Waals surface area contributed by atoms with Crippen LogP contribution in [0.4, 0.5) is 5.69 Å². The third kappa shape index (κ3) is 8.38. The first-order chi connectivity index (χ1) is 22.3. The zero-order chi connectivity index (χ0) is 32.5. The van der Waals surface area contributed by atoms with Crippen LogP contribution in [-0.4, -0.2) is 38.1 Å². The molecule has 1 heterocycles. The topological polar surface area (TPSA) is 86.0 Å². The lowest BCUT2D eigenvalue weighted by Crippen LogP contribution is -2.50. The number of aryl methyl sites for hydroxylation is 1. The summed E-state index contributed by atoms with van der Waals surface area (Å²) >= 11 is 6.04. The van der Waals surface area contributed by atoms with Crippen molar-refractivity contribution < 1.29 is 4.79 Å². The smallest absolute Gasteiger partial charge is 0.226 e. The fraction of sp³-hybridized carbons (Fsp3) is 0.263. The predicted molar refractivity (Wildman–Crippen MR) is 189 cm³/mol. The molecule has 0 unspecified atom stereocenters. The van der Waals surface area contributed by atoms with Crippen molar-refractivity contribution in [2.45, 2.75) is 52.7 Å². The molecule has 5 rings (SSSR count). The van der Waals surface area contributed by atoms with E-state index in [1.165, 1.54) is 16.3 Å². The Balaban J connectivity index is 1.35. The van der Waals surface area contributed by atoms with Crippen LogP contribution in [0.1, 0.15) is 48.2 Å².